The fourth-order valence-electron chi connectivity index (χ4n) is 2.49. The maximum Gasteiger partial charge on any atom is 0.223 e. The lowest BCUT2D eigenvalue weighted by molar-refractivity contribution is 0.318. The minimum Gasteiger partial charge on any atom is -0.491 e. The van der Waals surface area contributed by atoms with Crippen molar-refractivity contribution >= 4 is 28.6 Å². The first kappa shape index (κ1) is 16.1. The van der Waals surface area contributed by atoms with Crippen LogP contribution in [0.2, 0.25) is 5.15 Å². The van der Waals surface area contributed by atoms with Gasteiger partial charge in [0.2, 0.25) is 11.7 Å². The molecule has 0 aliphatic rings. The molecule has 9 heteroatoms. The molecule has 0 aliphatic carbocycles. The molecule has 0 saturated heterocycles. The molecule has 126 valence electrons. The first-order valence-corrected chi connectivity index (χ1v) is 7.38. The van der Waals surface area contributed by atoms with Crippen LogP contribution < -0.4 is 19.9 Å². The number of anilines is 1. The Morgan fingerprint density at radius 3 is 2.54 bits per heavy atom. The molecule has 8 nitrogen and oxygen atoms in total. The number of hydrogen-bond acceptors (Lipinski definition) is 7. The number of nitrogens with two attached hydrogens (primary N) is 1. The van der Waals surface area contributed by atoms with E-state index in [-0.39, 0.29) is 5.95 Å². The smallest absolute Gasteiger partial charge is 0.223 e. The summed E-state index contributed by atoms with van der Waals surface area (Å²) in [5.74, 6) is 1.57. The number of methoxy groups -OCH3 is 3. The molecule has 0 aliphatic heterocycles. The second-order valence-corrected chi connectivity index (χ2v) is 5.25. The Labute approximate surface area is 143 Å². The number of pyridine rings is 1. The van der Waals surface area contributed by atoms with Gasteiger partial charge >= 0.3 is 0 Å². The Bertz CT molecular complexity index is 896. The van der Waals surface area contributed by atoms with E-state index in [0.717, 1.165) is 0 Å². The van der Waals surface area contributed by atoms with Crippen molar-refractivity contribution in [1.29, 1.82) is 0 Å². The van der Waals surface area contributed by atoms with Gasteiger partial charge in [-0.05, 0) is 6.07 Å². The summed E-state index contributed by atoms with van der Waals surface area (Å²) in [6, 6.07) is 1.82. The van der Waals surface area contributed by atoms with E-state index in [1.807, 2.05) is 16.8 Å². The predicted octanol–water partition coefficient (Wildman–Crippen LogP) is 2.14. The van der Waals surface area contributed by atoms with Crippen molar-refractivity contribution in [3.63, 3.8) is 0 Å². The van der Waals surface area contributed by atoms with Gasteiger partial charge in [0.25, 0.3) is 0 Å². The van der Waals surface area contributed by atoms with Gasteiger partial charge in [0.15, 0.2) is 11.5 Å². The quantitative estimate of drug-likeness (QED) is 0.704. The SMILES string of the molecule is COc1cnc(Cn2ccc3c(Cl)nc(N)nc32)c(OC)c1OC. The van der Waals surface area contributed by atoms with Crippen molar-refractivity contribution in [2.75, 3.05) is 27.1 Å². The molecule has 0 spiro atoms. The highest BCUT2D eigenvalue weighted by Crippen LogP contribution is 2.38. The number of fused-ring (bicyclic) bond motifs is 1. The van der Waals surface area contributed by atoms with E-state index in [1.165, 1.54) is 0 Å². The summed E-state index contributed by atoms with van der Waals surface area (Å²) in [4.78, 5) is 12.6. The molecule has 0 unspecified atom stereocenters. The summed E-state index contributed by atoms with van der Waals surface area (Å²) >= 11 is 6.10. The molecule has 0 atom stereocenters. The predicted molar refractivity (Wildman–Crippen MR) is 89.9 cm³/mol. The van der Waals surface area contributed by atoms with E-state index in [9.17, 15) is 0 Å². The number of halogens is 1. The molecule has 3 aromatic rings. The third kappa shape index (κ3) is 2.65. The Kier molecular flexibility index (Phi) is 4.30. The van der Waals surface area contributed by atoms with Crippen molar-refractivity contribution in [2.45, 2.75) is 6.54 Å². The Balaban J connectivity index is 2.09. The highest BCUT2D eigenvalue weighted by atomic mass is 35.5. The van der Waals surface area contributed by atoms with Gasteiger partial charge in [-0.3, -0.25) is 4.98 Å². The minimum atomic E-state index is 0.111. The highest BCUT2D eigenvalue weighted by Gasteiger charge is 2.18. The molecule has 0 aromatic carbocycles. The van der Waals surface area contributed by atoms with Gasteiger partial charge in [0.05, 0.1) is 39.5 Å². The molecular formula is C15H16ClN5O3. The van der Waals surface area contributed by atoms with E-state index in [0.29, 0.717) is 45.7 Å². The zero-order valence-electron chi connectivity index (χ0n) is 13.4. The van der Waals surface area contributed by atoms with Gasteiger partial charge in [0.1, 0.15) is 16.5 Å². The van der Waals surface area contributed by atoms with Crippen molar-refractivity contribution in [1.82, 2.24) is 19.5 Å². The topological polar surface area (TPSA) is 97.3 Å². The lowest BCUT2D eigenvalue weighted by Crippen LogP contribution is -2.07. The van der Waals surface area contributed by atoms with Crippen LogP contribution in [0.25, 0.3) is 11.0 Å². The molecule has 0 amide bonds. The van der Waals surface area contributed by atoms with Crippen LogP contribution in [-0.2, 0) is 6.54 Å². The molecule has 24 heavy (non-hydrogen) atoms. The average Bonchev–Trinajstić information content (AvgIpc) is 2.97. The van der Waals surface area contributed by atoms with Crippen molar-refractivity contribution in [3.05, 3.63) is 29.3 Å². The first-order chi connectivity index (χ1) is 11.6. The zero-order chi connectivity index (χ0) is 17.3. The standard InChI is InChI=1S/C15H16ClN5O3/c1-22-10-6-18-9(11(23-2)12(10)24-3)7-21-5-4-8-13(16)19-15(17)20-14(8)21/h4-6H,7H2,1-3H3,(H2,17,19,20). The maximum atomic E-state index is 6.10. The maximum absolute atomic E-state index is 6.10. The van der Waals surface area contributed by atoms with E-state index < -0.39 is 0 Å². The Morgan fingerprint density at radius 1 is 1.12 bits per heavy atom. The third-order valence-electron chi connectivity index (χ3n) is 3.57. The summed E-state index contributed by atoms with van der Waals surface area (Å²) in [6.07, 6.45) is 3.42. The monoisotopic (exact) mass is 349 g/mol. The molecule has 2 N–H and O–H groups in total. The van der Waals surface area contributed by atoms with Crippen LogP contribution >= 0.6 is 11.6 Å². The Morgan fingerprint density at radius 2 is 1.88 bits per heavy atom. The number of hydrogen-bond donors (Lipinski definition) is 1. The number of nitrogens with zero attached hydrogens (tertiary/aromatic N) is 4. The van der Waals surface area contributed by atoms with Gasteiger partial charge in [-0.15, -0.1) is 0 Å². The van der Waals surface area contributed by atoms with Gasteiger partial charge in [-0.25, -0.2) is 4.98 Å². The number of ether oxygens (including phenoxy) is 3. The number of nitrogen functional groups attached to an aromatic ring is 1. The van der Waals surface area contributed by atoms with E-state index in [4.69, 9.17) is 31.5 Å². The van der Waals surface area contributed by atoms with Crippen LogP contribution in [0.3, 0.4) is 0 Å². The largest absolute Gasteiger partial charge is 0.491 e. The molecular weight excluding hydrogens is 334 g/mol. The van der Waals surface area contributed by atoms with E-state index in [2.05, 4.69) is 15.0 Å². The molecule has 3 aromatic heterocycles. The van der Waals surface area contributed by atoms with Gasteiger partial charge in [0, 0.05) is 6.20 Å². The van der Waals surface area contributed by atoms with Gasteiger partial charge < -0.3 is 24.5 Å². The van der Waals surface area contributed by atoms with Crippen LogP contribution in [0, 0.1) is 0 Å². The fraction of sp³-hybridized carbons (Fsp3) is 0.267. The third-order valence-corrected chi connectivity index (χ3v) is 3.86. The number of rotatable bonds is 5. The van der Waals surface area contributed by atoms with E-state index >= 15 is 0 Å². The zero-order valence-corrected chi connectivity index (χ0v) is 14.2. The van der Waals surface area contributed by atoms with Crippen molar-refractivity contribution in [3.8, 4) is 17.2 Å². The minimum absolute atomic E-state index is 0.111. The van der Waals surface area contributed by atoms with Crippen LogP contribution in [0.4, 0.5) is 5.95 Å². The molecule has 0 saturated carbocycles. The molecule has 3 heterocycles. The Hall–Kier alpha value is -2.74. The van der Waals surface area contributed by atoms with Crippen LogP contribution in [0.15, 0.2) is 18.5 Å². The lowest BCUT2D eigenvalue weighted by Gasteiger charge is -2.15. The average molecular weight is 350 g/mol. The van der Waals surface area contributed by atoms with Crippen LogP contribution in [0.1, 0.15) is 5.69 Å². The van der Waals surface area contributed by atoms with Gasteiger partial charge in [-0.1, -0.05) is 11.6 Å². The number of aromatic nitrogens is 4. The molecule has 0 bridgehead atoms. The second kappa shape index (κ2) is 6.40. The normalized spacial score (nSPS) is 10.8. The summed E-state index contributed by atoms with van der Waals surface area (Å²) in [5, 5.41) is 1.02. The van der Waals surface area contributed by atoms with E-state index in [1.54, 1.807) is 27.5 Å². The summed E-state index contributed by atoms with van der Waals surface area (Å²) in [5.41, 5.74) is 6.96. The highest BCUT2D eigenvalue weighted by molar-refractivity contribution is 6.34. The molecule has 0 radical (unpaired) electrons. The fourth-order valence-corrected chi connectivity index (χ4v) is 2.73. The summed E-state index contributed by atoms with van der Waals surface area (Å²) in [7, 11) is 4.63. The van der Waals surface area contributed by atoms with Crippen molar-refractivity contribution < 1.29 is 14.2 Å². The van der Waals surface area contributed by atoms with Crippen molar-refractivity contribution in [2.24, 2.45) is 0 Å². The summed E-state index contributed by atoms with van der Waals surface area (Å²) in [6.45, 7) is 0.389. The molecule has 0 fully saturated rings. The van der Waals surface area contributed by atoms with Gasteiger partial charge in [-0.2, -0.15) is 4.98 Å². The lowest BCUT2D eigenvalue weighted by atomic mass is 10.2. The van der Waals surface area contributed by atoms with Crippen LogP contribution in [0.5, 0.6) is 17.2 Å². The van der Waals surface area contributed by atoms with Crippen LogP contribution in [-0.4, -0.2) is 40.8 Å². The molecule has 3 rings (SSSR count). The second-order valence-electron chi connectivity index (χ2n) is 4.89. The summed E-state index contributed by atoms with van der Waals surface area (Å²) < 4.78 is 17.9. The first-order valence-electron chi connectivity index (χ1n) is 7.00.